The minimum atomic E-state index is -0.602. The van der Waals surface area contributed by atoms with E-state index in [1.807, 2.05) is 68.4 Å². The van der Waals surface area contributed by atoms with Crippen molar-refractivity contribution in [2.75, 3.05) is 6.54 Å². The highest BCUT2D eigenvalue weighted by Gasteiger charge is 2.30. The fourth-order valence-electron chi connectivity index (χ4n) is 3.86. The van der Waals surface area contributed by atoms with Gasteiger partial charge in [0, 0.05) is 31.0 Å². The van der Waals surface area contributed by atoms with Crippen molar-refractivity contribution < 1.29 is 9.59 Å². The zero-order valence-electron chi connectivity index (χ0n) is 20.0. The van der Waals surface area contributed by atoms with Crippen molar-refractivity contribution in [3.05, 3.63) is 106 Å². The van der Waals surface area contributed by atoms with Crippen LogP contribution in [0.2, 0.25) is 5.02 Å². The van der Waals surface area contributed by atoms with E-state index in [4.69, 9.17) is 11.6 Å². The summed E-state index contributed by atoms with van der Waals surface area (Å²) < 4.78 is 0. The van der Waals surface area contributed by atoms with Crippen LogP contribution < -0.4 is 5.32 Å². The predicted molar refractivity (Wildman–Crippen MR) is 139 cm³/mol. The standard InChI is InChI=1S/C29H33ClN2O2/c1-3-19-31-29(34)27(20-24-7-5-4-6-8-24)32(21-25-13-16-26(30)17-14-25)28(33)18-15-23-11-9-22(2)10-12-23/h4-14,16-17,27H,3,15,18-21H2,1-2H3,(H,31,34)/t27-/m1/s1. The van der Waals surface area contributed by atoms with Gasteiger partial charge in [0.2, 0.25) is 11.8 Å². The van der Waals surface area contributed by atoms with Gasteiger partial charge in [0.05, 0.1) is 0 Å². The van der Waals surface area contributed by atoms with Gasteiger partial charge in [-0.25, -0.2) is 0 Å². The number of rotatable bonds is 11. The topological polar surface area (TPSA) is 49.4 Å². The van der Waals surface area contributed by atoms with Crippen LogP contribution in [-0.4, -0.2) is 29.3 Å². The van der Waals surface area contributed by atoms with Gasteiger partial charge in [0.15, 0.2) is 0 Å². The molecule has 0 aliphatic heterocycles. The molecule has 0 spiro atoms. The Labute approximate surface area is 207 Å². The lowest BCUT2D eigenvalue weighted by molar-refractivity contribution is -0.141. The van der Waals surface area contributed by atoms with Crippen LogP contribution in [0.4, 0.5) is 0 Å². The molecule has 0 aliphatic rings. The van der Waals surface area contributed by atoms with E-state index in [0.29, 0.717) is 37.4 Å². The third-order valence-electron chi connectivity index (χ3n) is 5.83. The Hall–Kier alpha value is -3.11. The maximum atomic E-state index is 13.6. The third kappa shape index (κ3) is 7.74. The average Bonchev–Trinajstić information content (AvgIpc) is 2.86. The molecule has 0 saturated carbocycles. The van der Waals surface area contributed by atoms with E-state index >= 15 is 0 Å². The SMILES string of the molecule is CCCNC(=O)[C@@H](Cc1ccccc1)N(Cc1ccc(Cl)cc1)C(=O)CCc1ccc(C)cc1. The molecule has 178 valence electrons. The van der Waals surface area contributed by atoms with Crippen molar-refractivity contribution in [2.45, 2.75) is 52.1 Å². The molecule has 34 heavy (non-hydrogen) atoms. The summed E-state index contributed by atoms with van der Waals surface area (Å²) in [6.07, 6.45) is 2.26. The van der Waals surface area contributed by atoms with E-state index in [0.717, 1.165) is 23.1 Å². The number of amides is 2. The van der Waals surface area contributed by atoms with Crippen molar-refractivity contribution >= 4 is 23.4 Å². The monoisotopic (exact) mass is 476 g/mol. The largest absolute Gasteiger partial charge is 0.354 e. The number of halogens is 1. The zero-order chi connectivity index (χ0) is 24.3. The first-order valence-corrected chi connectivity index (χ1v) is 12.2. The summed E-state index contributed by atoms with van der Waals surface area (Å²) >= 11 is 6.07. The molecule has 4 nitrogen and oxygen atoms in total. The quantitative estimate of drug-likeness (QED) is 0.383. The number of benzene rings is 3. The van der Waals surface area contributed by atoms with Gasteiger partial charge in [-0.3, -0.25) is 9.59 Å². The van der Waals surface area contributed by atoms with Gasteiger partial charge in [-0.05, 0) is 48.6 Å². The molecule has 3 rings (SSSR count). The van der Waals surface area contributed by atoms with Gasteiger partial charge in [-0.15, -0.1) is 0 Å². The number of carbonyl (C=O) groups is 2. The Kier molecular flexibility index (Phi) is 9.72. The number of hydrogen-bond donors (Lipinski definition) is 1. The fourth-order valence-corrected chi connectivity index (χ4v) is 3.98. The first-order valence-electron chi connectivity index (χ1n) is 11.9. The summed E-state index contributed by atoms with van der Waals surface area (Å²) in [7, 11) is 0. The molecular formula is C29H33ClN2O2. The first kappa shape index (κ1) is 25.5. The summed E-state index contributed by atoms with van der Waals surface area (Å²) in [6, 6.07) is 24.9. The van der Waals surface area contributed by atoms with E-state index < -0.39 is 6.04 Å². The molecule has 1 N–H and O–H groups in total. The minimum Gasteiger partial charge on any atom is -0.354 e. The Morgan fingerprint density at radius 3 is 2.18 bits per heavy atom. The molecule has 0 heterocycles. The maximum Gasteiger partial charge on any atom is 0.243 e. The summed E-state index contributed by atoms with van der Waals surface area (Å²) in [5, 5.41) is 3.65. The lowest BCUT2D eigenvalue weighted by Crippen LogP contribution is -2.50. The van der Waals surface area contributed by atoms with Gasteiger partial charge >= 0.3 is 0 Å². The van der Waals surface area contributed by atoms with E-state index in [9.17, 15) is 9.59 Å². The second-order valence-electron chi connectivity index (χ2n) is 8.63. The smallest absolute Gasteiger partial charge is 0.243 e. The number of carbonyl (C=O) groups excluding carboxylic acids is 2. The molecule has 0 unspecified atom stereocenters. The summed E-state index contributed by atoms with van der Waals surface area (Å²) in [4.78, 5) is 28.6. The third-order valence-corrected chi connectivity index (χ3v) is 6.09. The van der Waals surface area contributed by atoms with Crippen LogP contribution in [0.3, 0.4) is 0 Å². The van der Waals surface area contributed by atoms with Crippen LogP contribution in [0.1, 0.15) is 42.0 Å². The molecular weight excluding hydrogens is 444 g/mol. The Morgan fingerprint density at radius 1 is 0.882 bits per heavy atom. The highest BCUT2D eigenvalue weighted by molar-refractivity contribution is 6.30. The first-order chi connectivity index (χ1) is 16.5. The summed E-state index contributed by atoms with van der Waals surface area (Å²) in [5.41, 5.74) is 4.26. The number of nitrogens with one attached hydrogen (secondary N) is 1. The molecule has 0 bridgehead atoms. The van der Waals surface area contributed by atoms with Gasteiger partial charge < -0.3 is 10.2 Å². The molecule has 0 saturated heterocycles. The van der Waals surface area contributed by atoms with Crippen molar-refractivity contribution in [3.63, 3.8) is 0 Å². The highest BCUT2D eigenvalue weighted by Crippen LogP contribution is 2.18. The maximum absolute atomic E-state index is 13.6. The van der Waals surface area contributed by atoms with Gasteiger partial charge in [0.1, 0.15) is 6.04 Å². The Morgan fingerprint density at radius 2 is 1.53 bits per heavy atom. The second-order valence-corrected chi connectivity index (χ2v) is 9.07. The van der Waals surface area contributed by atoms with E-state index in [2.05, 4.69) is 29.6 Å². The van der Waals surface area contributed by atoms with Crippen LogP contribution in [0.15, 0.2) is 78.9 Å². The van der Waals surface area contributed by atoms with Gasteiger partial charge in [0.25, 0.3) is 0 Å². The normalized spacial score (nSPS) is 11.6. The van der Waals surface area contributed by atoms with Crippen LogP contribution >= 0.6 is 11.6 Å². The zero-order valence-corrected chi connectivity index (χ0v) is 20.7. The van der Waals surface area contributed by atoms with Crippen LogP contribution in [0.5, 0.6) is 0 Å². The molecule has 1 atom stereocenters. The van der Waals surface area contributed by atoms with Crippen molar-refractivity contribution in [1.82, 2.24) is 10.2 Å². The molecule has 3 aromatic rings. The van der Waals surface area contributed by atoms with Crippen molar-refractivity contribution in [3.8, 4) is 0 Å². The highest BCUT2D eigenvalue weighted by atomic mass is 35.5. The van der Waals surface area contributed by atoms with E-state index in [1.54, 1.807) is 4.90 Å². The lowest BCUT2D eigenvalue weighted by atomic mass is 10.0. The van der Waals surface area contributed by atoms with E-state index in [-0.39, 0.29) is 11.8 Å². The number of aryl methyl sites for hydroxylation is 2. The van der Waals surface area contributed by atoms with Gasteiger partial charge in [-0.2, -0.15) is 0 Å². The van der Waals surface area contributed by atoms with Crippen LogP contribution in [-0.2, 0) is 29.0 Å². The van der Waals surface area contributed by atoms with Crippen LogP contribution in [0, 0.1) is 6.92 Å². The molecule has 0 aliphatic carbocycles. The van der Waals surface area contributed by atoms with Crippen molar-refractivity contribution in [1.29, 1.82) is 0 Å². The lowest BCUT2D eigenvalue weighted by Gasteiger charge is -2.31. The summed E-state index contributed by atoms with van der Waals surface area (Å²) in [5.74, 6) is -0.161. The molecule has 0 fully saturated rings. The predicted octanol–water partition coefficient (Wildman–Crippen LogP) is 5.75. The van der Waals surface area contributed by atoms with E-state index in [1.165, 1.54) is 5.56 Å². The average molecular weight is 477 g/mol. The molecule has 0 radical (unpaired) electrons. The van der Waals surface area contributed by atoms with Gasteiger partial charge in [-0.1, -0.05) is 90.8 Å². The van der Waals surface area contributed by atoms with Crippen LogP contribution in [0.25, 0.3) is 0 Å². The number of hydrogen-bond acceptors (Lipinski definition) is 2. The fraction of sp³-hybridized carbons (Fsp3) is 0.310. The second kappa shape index (κ2) is 13.0. The molecule has 5 heteroatoms. The summed E-state index contributed by atoms with van der Waals surface area (Å²) in [6.45, 7) is 4.99. The Bertz CT molecular complexity index is 1050. The number of nitrogens with zero attached hydrogens (tertiary/aromatic N) is 1. The minimum absolute atomic E-state index is 0.0388. The molecule has 2 amide bonds. The molecule has 3 aromatic carbocycles. The Balaban J connectivity index is 1.87. The molecule has 0 aromatic heterocycles. The van der Waals surface area contributed by atoms with Crippen molar-refractivity contribution in [2.24, 2.45) is 0 Å².